The van der Waals surface area contributed by atoms with Crippen molar-refractivity contribution in [3.63, 3.8) is 0 Å². The number of hydrogen-bond donors (Lipinski definition) is 1. The van der Waals surface area contributed by atoms with Crippen LogP contribution in [0.5, 0.6) is 5.75 Å². The van der Waals surface area contributed by atoms with Gasteiger partial charge >= 0.3 is 0 Å². The maximum atomic E-state index is 12.4. The molecule has 2 aliphatic rings. The quantitative estimate of drug-likeness (QED) is 0.618. The van der Waals surface area contributed by atoms with Gasteiger partial charge in [0.25, 0.3) is 5.91 Å². The van der Waals surface area contributed by atoms with Crippen LogP contribution in [0, 0.1) is 6.92 Å². The number of aryl methyl sites for hydroxylation is 1. The van der Waals surface area contributed by atoms with E-state index in [1.54, 1.807) is 23.1 Å². The highest BCUT2D eigenvalue weighted by Crippen LogP contribution is 2.31. The molecule has 1 aliphatic heterocycles. The van der Waals surface area contributed by atoms with Crippen molar-refractivity contribution in [3.05, 3.63) is 58.1 Å². The van der Waals surface area contributed by atoms with Gasteiger partial charge in [-0.15, -0.1) is 0 Å². The summed E-state index contributed by atoms with van der Waals surface area (Å²) in [4.78, 5) is 14.1. The van der Waals surface area contributed by atoms with Gasteiger partial charge in [-0.3, -0.25) is 9.69 Å². The molecule has 7 heteroatoms. The van der Waals surface area contributed by atoms with Gasteiger partial charge in [0, 0.05) is 17.1 Å². The van der Waals surface area contributed by atoms with Crippen LogP contribution >= 0.6 is 23.8 Å². The number of thiocarbonyl (C=S) groups is 1. The second-order valence-corrected chi connectivity index (χ2v) is 7.19. The first kappa shape index (κ1) is 17.1. The summed E-state index contributed by atoms with van der Waals surface area (Å²) in [5.41, 5.74) is 1.40. The number of nitrogens with zero attached hydrogens (tertiary/aromatic N) is 1. The standard InChI is InChI=1S/C19H17ClN2O3S/c1-11-8-13(6-7-16(11)20)24-10-15-5-4-14(25-15)9-17-18(23)22(12-2-3-12)19(26)21-17/h4-9,12H,2-3,10H2,1H3,(H,21,26)/b17-9+. The molecule has 0 spiro atoms. The van der Waals surface area contributed by atoms with E-state index in [2.05, 4.69) is 5.32 Å². The monoisotopic (exact) mass is 388 g/mol. The lowest BCUT2D eigenvalue weighted by Crippen LogP contribution is -2.32. The molecule has 1 aliphatic carbocycles. The van der Waals surface area contributed by atoms with Crippen molar-refractivity contribution in [1.82, 2.24) is 10.2 Å². The second kappa shape index (κ2) is 6.78. The number of amides is 1. The Morgan fingerprint density at radius 2 is 2.19 bits per heavy atom. The predicted octanol–water partition coefficient (Wildman–Crippen LogP) is 4.04. The van der Waals surface area contributed by atoms with Gasteiger partial charge in [0.1, 0.15) is 29.6 Å². The Labute approximate surface area is 161 Å². The third-order valence-electron chi connectivity index (χ3n) is 4.30. The van der Waals surface area contributed by atoms with Crippen molar-refractivity contribution >= 4 is 40.9 Å². The molecule has 0 radical (unpaired) electrons. The molecule has 2 fully saturated rings. The van der Waals surface area contributed by atoms with Gasteiger partial charge in [-0.2, -0.15) is 0 Å². The van der Waals surface area contributed by atoms with Crippen LogP contribution in [-0.2, 0) is 11.4 Å². The number of carbonyl (C=O) groups excluding carboxylic acids is 1. The first-order valence-corrected chi connectivity index (χ1v) is 9.14. The highest BCUT2D eigenvalue weighted by molar-refractivity contribution is 7.80. The van der Waals surface area contributed by atoms with Crippen LogP contribution in [-0.4, -0.2) is 22.0 Å². The summed E-state index contributed by atoms with van der Waals surface area (Å²) in [6.45, 7) is 2.21. The smallest absolute Gasteiger partial charge is 0.276 e. The van der Waals surface area contributed by atoms with Gasteiger partial charge < -0.3 is 14.5 Å². The molecular weight excluding hydrogens is 372 g/mol. The SMILES string of the molecule is Cc1cc(OCc2ccc(/C=C3/NC(=S)N(C4CC4)C3=O)o2)ccc1Cl. The molecular formula is C19H17ClN2O3S. The number of hydrogen-bond acceptors (Lipinski definition) is 4. The molecule has 2 aromatic rings. The topological polar surface area (TPSA) is 54.7 Å². The van der Waals surface area contributed by atoms with Crippen LogP contribution in [0.15, 0.2) is 40.4 Å². The Hall–Kier alpha value is -2.31. The van der Waals surface area contributed by atoms with Gasteiger partial charge in [0.05, 0.1) is 0 Å². The summed E-state index contributed by atoms with van der Waals surface area (Å²) in [7, 11) is 0. The van der Waals surface area contributed by atoms with Gasteiger partial charge in [0.2, 0.25) is 0 Å². The Balaban J connectivity index is 1.42. The maximum Gasteiger partial charge on any atom is 0.276 e. The summed E-state index contributed by atoms with van der Waals surface area (Å²) in [5, 5.41) is 4.14. The zero-order chi connectivity index (χ0) is 18.3. The molecule has 1 aromatic carbocycles. The molecule has 1 aromatic heterocycles. The minimum atomic E-state index is -0.0941. The summed E-state index contributed by atoms with van der Waals surface area (Å²) in [5.74, 6) is 1.87. The molecule has 2 heterocycles. The van der Waals surface area contributed by atoms with Crippen molar-refractivity contribution < 1.29 is 13.9 Å². The van der Waals surface area contributed by atoms with E-state index < -0.39 is 0 Å². The van der Waals surface area contributed by atoms with Crippen LogP contribution in [0.3, 0.4) is 0 Å². The Morgan fingerprint density at radius 1 is 1.38 bits per heavy atom. The number of carbonyl (C=O) groups is 1. The molecule has 0 bridgehead atoms. The van der Waals surface area contributed by atoms with Gasteiger partial charge in [-0.25, -0.2) is 0 Å². The first-order chi connectivity index (χ1) is 12.5. The molecule has 5 nitrogen and oxygen atoms in total. The third kappa shape index (κ3) is 3.48. The van der Waals surface area contributed by atoms with E-state index in [0.29, 0.717) is 27.4 Å². The van der Waals surface area contributed by atoms with Crippen molar-refractivity contribution in [2.24, 2.45) is 0 Å². The summed E-state index contributed by atoms with van der Waals surface area (Å²) < 4.78 is 11.5. The lowest BCUT2D eigenvalue weighted by Gasteiger charge is -2.11. The first-order valence-electron chi connectivity index (χ1n) is 8.35. The maximum absolute atomic E-state index is 12.4. The number of ether oxygens (including phenoxy) is 1. The van der Waals surface area contributed by atoms with Crippen molar-refractivity contribution in [2.75, 3.05) is 0 Å². The normalized spacial score (nSPS) is 18.5. The number of furan rings is 1. The van der Waals surface area contributed by atoms with Crippen LogP contribution < -0.4 is 10.1 Å². The van der Waals surface area contributed by atoms with E-state index in [0.717, 1.165) is 24.2 Å². The number of rotatable bonds is 5. The highest BCUT2D eigenvalue weighted by atomic mass is 35.5. The van der Waals surface area contributed by atoms with E-state index in [4.69, 9.17) is 33.0 Å². The molecule has 1 amide bonds. The van der Waals surface area contributed by atoms with Crippen molar-refractivity contribution in [2.45, 2.75) is 32.4 Å². The molecule has 4 rings (SSSR count). The van der Waals surface area contributed by atoms with E-state index in [1.165, 1.54) is 0 Å². The number of benzene rings is 1. The Kier molecular flexibility index (Phi) is 4.46. The van der Waals surface area contributed by atoms with E-state index >= 15 is 0 Å². The fraction of sp³-hybridized carbons (Fsp3) is 0.263. The summed E-state index contributed by atoms with van der Waals surface area (Å²) in [6.07, 6.45) is 3.69. The van der Waals surface area contributed by atoms with Crippen LogP contribution in [0.4, 0.5) is 0 Å². The average molecular weight is 389 g/mol. The largest absolute Gasteiger partial charge is 0.486 e. The molecule has 0 atom stereocenters. The van der Waals surface area contributed by atoms with Gasteiger partial charge in [-0.05, 0) is 67.9 Å². The fourth-order valence-electron chi connectivity index (χ4n) is 2.77. The number of nitrogens with one attached hydrogen (secondary N) is 1. The molecule has 1 saturated heterocycles. The van der Waals surface area contributed by atoms with Crippen LogP contribution in [0.25, 0.3) is 6.08 Å². The average Bonchev–Trinajstić information content (AvgIpc) is 3.27. The minimum Gasteiger partial charge on any atom is -0.486 e. The summed E-state index contributed by atoms with van der Waals surface area (Å²) >= 11 is 11.3. The molecule has 1 N–H and O–H groups in total. The number of halogens is 1. The molecule has 0 unspecified atom stereocenters. The molecule has 134 valence electrons. The van der Waals surface area contributed by atoms with Gasteiger partial charge in [-0.1, -0.05) is 11.6 Å². The van der Waals surface area contributed by atoms with E-state index in [-0.39, 0.29) is 18.6 Å². The second-order valence-electron chi connectivity index (χ2n) is 6.40. The zero-order valence-corrected chi connectivity index (χ0v) is 15.7. The molecule has 1 saturated carbocycles. The van der Waals surface area contributed by atoms with E-state index in [1.807, 2.05) is 25.1 Å². The van der Waals surface area contributed by atoms with Crippen LogP contribution in [0.1, 0.15) is 29.9 Å². The Morgan fingerprint density at radius 3 is 2.92 bits per heavy atom. The predicted molar refractivity (Wildman–Crippen MR) is 103 cm³/mol. The molecule has 26 heavy (non-hydrogen) atoms. The van der Waals surface area contributed by atoms with Crippen LogP contribution in [0.2, 0.25) is 5.02 Å². The Bertz CT molecular complexity index is 917. The lowest BCUT2D eigenvalue weighted by atomic mass is 10.2. The highest BCUT2D eigenvalue weighted by Gasteiger charge is 2.41. The third-order valence-corrected chi connectivity index (χ3v) is 5.02. The summed E-state index contributed by atoms with van der Waals surface area (Å²) in [6, 6.07) is 9.37. The van der Waals surface area contributed by atoms with Crippen molar-refractivity contribution in [3.8, 4) is 5.75 Å². The zero-order valence-electron chi connectivity index (χ0n) is 14.1. The minimum absolute atomic E-state index is 0.0941. The lowest BCUT2D eigenvalue weighted by molar-refractivity contribution is -0.122. The van der Waals surface area contributed by atoms with Crippen molar-refractivity contribution in [1.29, 1.82) is 0 Å². The fourth-order valence-corrected chi connectivity index (χ4v) is 3.23. The van der Waals surface area contributed by atoms with E-state index in [9.17, 15) is 4.79 Å². The van der Waals surface area contributed by atoms with Gasteiger partial charge in [0.15, 0.2) is 5.11 Å².